The minimum Gasteiger partial charge on any atom is -0.492 e. The van der Waals surface area contributed by atoms with E-state index in [0.29, 0.717) is 12.2 Å². The number of carbonyl (C=O) groups excluding carboxylic acids is 1. The Labute approximate surface area is 164 Å². The Kier molecular flexibility index (Phi) is 5.55. The van der Waals surface area contributed by atoms with Gasteiger partial charge in [0.15, 0.2) is 0 Å². The quantitative estimate of drug-likeness (QED) is 0.717. The summed E-state index contributed by atoms with van der Waals surface area (Å²) in [6, 6.07) is 19.9. The van der Waals surface area contributed by atoms with Crippen LogP contribution in [0.4, 0.5) is 0 Å². The van der Waals surface area contributed by atoms with Gasteiger partial charge in [-0.25, -0.2) is 0 Å². The topological polar surface area (TPSA) is 64.8 Å². The van der Waals surface area contributed by atoms with Crippen LogP contribution in [0.5, 0.6) is 5.75 Å². The Morgan fingerprint density at radius 3 is 2.39 bits per heavy atom. The van der Waals surface area contributed by atoms with Crippen molar-refractivity contribution in [2.45, 2.75) is 0 Å². The predicted octanol–water partition coefficient (Wildman–Crippen LogP) is 3.32. The maximum Gasteiger partial charge on any atom is 0.248 e. The SMILES string of the molecule is NC(=O)c1ccc(-c2ccc3ccc(OCCN4CCOCC4)cc3c2)cc1. The lowest BCUT2D eigenvalue weighted by molar-refractivity contribution is 0.0322. The average Bonchev–Trinajstić information content (AvgIpc) is 2.74. The Bertz CT molecular complexity index is 963. The van der Waals surface area contributed by atoms with Gasteiger partial charge in [-0.1, -0.05) is 30.3 Å². The molecule has 1 aliphatic heterocycles. The van der Waals surface area contributed by atoms with Gasteiger partial charge in [0.05, 0.1) is 13.2 Å². The molecule has 1 aliphatic rings. The second kappa shape index (κ2) is 8.42. The summed E-state index contributed by atoms with van der Waals surface area (Å²) in [6.07, 6.45) is 0. The zero-order valence-corrected chi connectivity index (χ0v) is 15.8. The molecule has 5 nitrogen and oxygen atoms in total. The molecule has 0 aromatic heterocycles. The van der Waals surface area contributed by atoms with Crippen LogP contribution < -0.4 is 10.5 Å². The van der Waals surface area contributed by atoms with E-state index >= 15 is 0 Å². The first kappa shape index (κ1) is 18.5. The number of hydrogen-bond donors (Lipinski definition) is 1. The van der Waals surface area contributed by atoms with Crippen molar-refractivity contribution in [1.29, 1.82) is 0 Å². The average molecular weight is 376 g/mol. The van der Waals surface area contributed by atoms with E-state index in [2.05, 4.69) is 35.2 Å². The van der Waals surface area contributed by atoms with Crippen LogP contribution in [0.15, 0.2) is 60.7 Å². The van der Waals surface area contributed by atoms with E-state index in [1.54, 1.807) is 12.1 Å². The molecule has 0 unspecified atom stereocenters. The molecule has 0 bridgehead atoms. The Balaban J connectivity index is 1.47. The first-order chi connectivity index (χ1) is 13.7. The fourth-order valence-electron chi connectivity index (χ4n) is 3.44. The van der Waals surface area contributed by atoms with E-state index < -0.39 is 5.91 Å². The summed E-state index contributed by atoms with van der Waals surface area (Å²) >= 11 is 0. The third-order valence-corrected chi connectivity index (χ3v) is 5.09. The fourth-order valence-corrected chi connectivity index (χ4v) is 3.44. The minimum absolute atomic E-state index is 0.413. The van der Waals surface area contributed by atoms with Crippen molar-refractivity contribution in [3.8, 4) is 16.9 Å². The zero-order valence-electron chi connectivity index (χ0n) is 15.8. The van der Waals surface area contributed by atoms with E-state index in [1.165, 1.54) is 0 Å². The lowest BCUT2D eigenvalue weighted by Crippen LogP contribution is -2.38. The van der Waals surface area contributed by atoms with Gasteiger partial charge in [0.25, 0.3) is 0 Å². The number of rotatable bonds is 6. The molecule has 0 saturated carbocycles. The van der Waals surface area contributed by atoms with Crippen molar-refractivity contribution >= 4 is 16.7 Å². The van der Waals surface area contributed by atoms with E-state index in [-0.39, 0.29) is 0 Å². The van der Waals surface area contributed by atoms with Gasteiger partial charge in [0.1, 0.15) is 12.4 Å². The Morgan fingerprint density at radius 2 is 1.64 bits per heavy atom. The van der Waals surface area contributed by atoms with Crippen molar-refractivity contribution in [3.63, 3.8) is 0 Å². The summed E-state index contributed by atoms with van der Waals surface area (Å²) in [5.74, 6) is 0.464. The normalized spacial score (nSPS) is 14.9. The molecule has 3 aromatic carbocycles. The number of amides is 1. The zero-order chi connectivity index (χ0) is 19.3. The van der Waals surface area contributed by atoms with Gasteiger partial charge >= 0.3 is 0 Å². The van der Waals surface area contributed by atoms with Gasteiger partial charge in [0.2, 0.25) is 5.91 Å². The molecule has 1 fully saturated rings. The molecule has 0 aliphatic carbocycles. The molecule has 0 atom stereocenters. The lowest BCUT2D eigenvalue weighted by Gasteiger charge is -2.26. The number of carbonyl (C=O) groups is 1. The number of ether oxygens (including phenoxy) is 2. The van der Waals surface area contributed by atoms with Crippen molar-refractivity contribution in [3.05, 3.63) is 66.2 Å². The van der Waals surface area contributed by atoms with Crippen LogP contribution in [0.25, 0.3) is 21.9 Å². The number of fused-ring (bicyclic) bond motifs is 1. The molecule has 3 aromatic rings. The largest absolute Gasteiger partial charge is 0.492 e. The summed E-state index contributed by atoms with van der Waals surface area (Å²) in [6.45, 7) is 5.13. The highest BCUT2D eigenvalue weighted by Crippen LogP contribution is 2.27. The monoisotopic (exact) mass is 376 g/mol. The minimum atomic E-state index is -0.413. The highest BCUT2D eigenvalue weighted by atomic mass is 16.5. The molecule has 0 spiro atoms. The van der Waals surface area contributed by atoms with Crippen LogP contribution in [0.3, 0.4) is 0 Å². The van der Waals surface area contributed by atoms with Crippen LogP contribution in [0.1, 0.15) is 10.4 Å². The molecule has 1 saturated heterocycles. The molecule has 144 valence electrons. The van der Waals surface area contributed by atoms with Crippen molar-refractivity contribution in [1.82, 2.24) is 4.90 Å². The van der Waals surface area contributed by atoms with Crippen molar-refractivity contribution in [2.75, 3.05) is 39.5 Å². The maximum absolute atomic E-state index is 11.2. The van der Waals surface area contributed by atoms with E-state index in [1.807, 2.05) is 18.2 Å². The molecule has 4 rings (SSSR count). The summed E-state index contributed by atoms with van der Waals surface area (Å²) in [5, 5.41) is 2.29. The molecule has 1 heterocycles. The Hall–Kier alpha value is -2.89. The predicted molar refractivity (Wildman–Crippen MR) is 111 cm³/mol. The number of nitrogens with zero attached hydrogens (tertiary/aromatic N) is 1. The molecule has 5 heteroatoms. The number of nitrogens with two attached hydrogens (primary N) is 1. The Morgan fingerprint density at radius 1 is 0.929 bits per heavy atom. The molecule has 0 radical (unpaired) electrons. The molecule has 2 N–H and O–H groups in total. The van der Waals surface area contributed by atoms with Crippen LogP contribution >= 0.6 is 0 Å². The highest BCUT2D eigenvalue weighted by Gasteiger charge is 2.10. The molecule has 1 amide bonds. The van der Waals surface area contributed by atoms with E-state index in [0.717, 1.165) is 60.5 Å². The summed E-state index contributed by atoms with van der Waals surface area (Å²) < 4.78 is 11.3. The number of primary amides is 1. The molecular weight excluding hydrogens is 352 g/mol. The van der Waals surface area contributed by atoms with Gasteiger partial charge in [-0.3, -0.25) is 9.69 Å². The first-order valence-corrected chi connectivity index (χ1v) is 9.56. The maximum atomic E-state index is 11.2. The van der Waals surface area contributed by atoms with Crippen LogP contribution in [0.2, 0.25) is 0 Å². The third kappa shape index (κ3) is 4.32. The molecule has 28 heavy (non-hydrogen) atoms. The molecular formula is C23H24N2O3. The van der Waals surface area contributed by atoms with Crippen LogP contribution in [-0.2, 0) is 4.74 Å². The smallest absolute Gasteiger partial charge is 0.248 e. The van der Waals surface area contributed by atoms with Crippen LogP contribution in [0, 0.1) is 0 Å². The third-order valence-electron chi connectivity index (χ3n) is 5.09. The van der Waals surface area contributed by atoms with Crippen molar-refractivity contribution in [2.24, 2.45) is 5.73 Å². The number of benzene rings is 3. The second-order valence-electron chi connectivity index (χ2n) is 6.97. The standard InChI is InChI=1S/C23H24N2O3/c24-23(26)19-4-1-17(2-5-19)20-6-3-18-7-8-22(16-21(18)15-20)28-14-11-25-9-12-27-13-10-25/h1-8,15-16H,9-14H2,(H2,24,26). The van der Waals surface area contributed by atoms with Gasteiger partial charge in [-0.15, -0.1) is 0 Å². The summed E-state index contributed by atoms with van der Waals surface area (Å²) in [7, 11) is 0. The van der Waals surface area contributed by atoms with Crippen molar-refractivity contribution < 1.29 is 14.3 Å². The fraction of sp³-hybridized carbons (Fsp3) is 0.261. The van der Waals surface area contributed by atoms with E-state index in [4.69, 9.17) is 15.2 Å². The second-order valence-corrected chi connectivity index (χ2v) is 6.97. The first-order valence-electron chi connectivity index (χ1n) is 9.56. The number of morpholine rings is 1. The highest BCUT2D eigenvalue weighted by molar-refractivity contribution is 5.93. The summed E-state index contributed by atoms with van der Waals surface area (Å²) in [5.41, 5.74) is 7.97. The lowest BCUT2D eigenvalue weighted by atomic mass is 10.00. The van der Waals surface area contributed by atoms with Gasteiger partial charge in [-0.05, 0) is 52.2 Å². The van der Waals surface area contributed by atoms with Gasteiger partial charge < -0.3 is 15.2 Å². The van der Waals surface area contributed by atoms with Gasteiger partial charge in [-0.2, -0.15) is 0 Å². The van der Waals surface area contributed by atoms with Gasteiger partial charge in [0, 0.05) is 25.2 Å². The van der Waals surface area contributed by atoms with Crippen LogP contribution in [-0.4, -0.2) is 50.3 Å². The summed E-state index contributed by atoms with van der Waals surface area (Å²) in [4.78, 5) is 13.6. The number of hydrogen-bond acceptors (Lipinski definition) is 4. The van der Waals surface area contributed by atoms with E-state index in [9.17, 15) is 4.79 Å².